The molecule has 0 saturated carbocycles. The fraction of sp³-hybridized carbons (Fsp3) is 1.00. The van der Waals surface area contributed by atoms with Gasteiger partial charge in [-0.2, -0.15) is 30.7 Å². The molecule has 0 spiro atoms. The van der Waals surface area contributed by atoms with Crippen molar-refractivity contribution in [2.75, 3.05) is 19.7 Å². The van der Waals surface area contributed by atoms with E-state index >= 15 is 0 Å². The Kier molecular flexibility index (Phi) is 3.39. The van der Waals surface area contributed by atoms with Crippen LogP contribution in [0.3, 0.4) is 0 Å². The Morgan fingerprint density at radius 2 is 1.56 bits per heavy atom. The lowest BCUT2D eigenvalue weighted by Gasteiger charge is -2.35. The molecule has 1 saturated heterocycles. The summed E-state index contributed by atoms with van der Waals surface area (Å²) < 4.78 is 90.5. The number of nitrogens with one attached hydrogen (secondary N) is 1. The highest BCUT2D eigenvalue weighted by molar-refractivity contribution is 4.98. The Hall–Kier alpha value is -0.570. The van der Waals surface area contributed by atoms with Gasteiger partial charge in [0.1, 0.15) is 6.10 Å². The predicted octanol–water partition coefficient (Wildman–Crippen LogP) is 1.81. The smallest absolute Gasteiger partial charge is 0.369 e. The second-order valence-electron chi connectivity index (χ2n) is 3.26. The van der Waals surface area contributed by atoms with E-state index < -0.39 is 30.7 Å². The van der Waals surface area contributed by atoms with Gasteiger partial charge in [-0.1, -0.05) is 0 Å². The summed E-state index contributed by atoms with van der Waals surface area (Å²) in [5.74, 6) is -11.4. The number of alkyl halides is 7. The van der Waals surface area contributed by atoms with Gasteiger partial charge in [0, 0.05) is 13.1 Å². The average molecular weight is 255 g/mol. The van der Waals surface area contributed by atoms with E-state index in [1.807, 2.05) is 0 Å². The summed E-state index contributed by atoms with van der Waals surface area (Å²) in [4.78, 5) is 0. The van der Waals surface area contributed by atoms with Gasteiger partial charge in [0.15, 0.2) is 0 Å². The fourth-order valence-corrected chi connectivity index (χ4v) is 1.19. The summed E-state index contributed by atoms with van der Waals surface area (Å²) in [6, 6.07) is 0. The maximum atomic E-state index is 12.9. The van der Waals surface area contributed by atoms with Crippen LogP contribution in [0, 0.1) is 0 Å². The first-order valence-electron chi connectivity index (χ1n) is 4.25. The van der Waals surface area contributed by atoms with E-state index in [9.17, 15) is 30.7 Å². The van der Waals surface area contributed by atoms with Gasteiger partial charge in [-0.3, -0.25) is 0 Å². The zero-order valence-electron chi connectivity index (χ0n) is 7.75. The molecule has 1 N–H and O–H groups in total. The summed E-state index contributed by atoms with van der Waals surface area (Å²) >= 11 is 0. The van der Waals surface area contributed by atoms with Crippen LogP contribution in [0.25, 0.3) is 0 Å². The predicted molar refractivity (Wildman–Crippen MR) is 38.6 cm³/mol. The van der Waals surface area contributed by atoms with Crippen LogP contribution in [0.15, 0.2) is 0 Å². The molecule has 16 heavy (non-hydrogen) atoms. The molecule has 0 aliphatic carbocycles. The number of morpholine rings is 1. The van der Waals surface area contributed by atoms with E-state index in [1.54, 1.807) is 0 Å². The molecule has 1 heterocycles. The van der Waals surface area contributed by atoms with Crippen LogP contribution in [-0.2, 0) is 4.74 Å². The summed E-state index contributed by atoms with van der Waals surface area (Å²) in [5, 5.41) is 2.26. The second-order valence-corrected chi connectivity index (χ2v) is 3.26. The van der Waals surface area contributed by atoms with Crippen LogP contribution in [0.2, 0.25) is 0 Å². The highest BCUT2D eigenvalue weighted by atomic mass is 19.4. The molecule has 1 atom stereocenters. The lowest BCUT2D eigenvalue weighted by molar-refractivity contribution is -0.374. The minimum Gasteiger partial charge on any atom is -0.369 e. The zero-order chi connectivity index (χ0) is 12.6. The van der Waals surface area contributed by atoms with Gasteiger partial charge < -0.3 is 10.1 Å². The molecule has 0 aromatic carbocycles. The first kappa shape index (κ1) is 13.5. The number of rotatable bonds is 2. The van der Waals surface area contributed by atoms with Crippen LogP contribution in [-0.4, -0.2) is 43.8 Å². The quantitative estimate of drug-likeness (QED) is 0.760. The summed E-state index contributed by atoms with van der Waals surface area (Å²) in [7, 11) is 0. The third-order valence-corrected chi connectivity index (χ3v) is 2.11. The molecule has 2 nitrogen and oxygen atoms in total. The van der Waals surface area contributed by atoms with E-state index in [2.05, 4.69) is 10.1 Å². The number of hydrogen-bond acceptors (Lipinski definition) is 2. The average Bonchev–Trinajstić information content (AvgIpc) is 2.17. The van der Waals surface area contributed by atoms with Crippen molar-refractivity contribution >= 4 is 0 Å². The normalized spacial score (nSPS) is 24.6. The molecule has 0 aromatic heterocycles. The Labute approximate surface area is 85.7 Å². The topological polar surface area (TPSA) is 21.3 Å². The van der Waals surface area contributed by atoms with Crippen molar-refractivity contribution in [2.45, 2.75) is 24.1 Å². The van der Waals surface area contributed by atoms with Crippen LogP contribution in [0.4, 0.5) is 30.7 Å². The van der Waals surface area contributed by atoms with E-state index in [1.165, 1.54) is 0 Å². The van der Waals surface area contributed by atoms with Gasteiger partial charge in [-0.15, -0.1) is 0 Å². The lowest BCUT2D eigenvalue weighted by atomic mass is 10.0. The molecule has 1 fully saturated rings. The van der Waals surface area contributed by atoms with Crippen molar-refractivity contribution < 1.29 is 35.5 Å². The first-order chi connectivity index (χ1) is 7.11. The first-order valence-corrected chi connectivity index (χ1v) is 4.25. The number of halogens is 7. The Bertz CT molecular complexity index is 246. The number of ether oxygens (including phenoxy) is 1. The van der Waals surface area contributed by atoms with Crippen molar-refractivity contribution in [1.29, 1.82) is 0 Å². The fourth-order valence-electron chi connectivity index (χ4n) is 1.19. The minimum atomic E-state index is -6.31. The van der Waals surface area contributed by atoms with Gasteiger partial charge in [-0.25, -0.2) is 0 Å². The SMILES string of the molecule is FC(F)(F)C(F)(F)C(F)(F)C1CNCCO1. The third kappa shape index (κ3) is 2.10. The van der Waals surface area contributed by atoms with Crippen LogP contribution < -0.4 is 5.32 Å². The summed E-state index contributed by atoms with van der Waals surface area (Å²) in [6.07, 6.45) is -8.80. The number of hydrogen-bond donors (Lipinski definition) is 1. The Morgan fingerprint density at radius 3 is 1.94 bits per heavy atom. The van der Waals surface area contributed by atoms with Gasteiger partial charge in [0.05, 0.1) is 6.61 Å². The minimum absolute atomic E-state index is 0.129. The highest BCUT2D eigenvalue weighted by Crippen LogP contribution is 2.48. The molecule has 0 amide bonds. The zero-order valence-corrected chi connectivity index (χ0v) is 7.75. The summed E-state index contributed by atoms with van der Waals surface area (Å²) in [6.45, 7) is -0.961. The molecule has 1 unspecified atom stereocenters. The van der Waals surface area contributed by atoms with Crippen LogP contribution in [0.5, 0.6) is 0 Å². The molecule has 1 aliphatic rings. The van der Waals surface area contributed by atoms with Gasteiger partial charge in [-0.05, 0) is 0 Å². The maximum Gasteiger partial charge on any atom is 0.459 e. The molecule has 96 valence electrons. The van der Waals surface area contributed by atoms with Crippen molar-refractivity contribution in [1.82, 2.24) is 5.32 Å². The van der Waals surface area contributed by atoms with Crippen molar-refractivity contribution in [3.05, 3.63) is 0 Å². The molecular weight excluding hydrogens is 247 g/mol. The Morgan fingerprint density at radius 1 is 1.00 bits per heavy atom. The third-order valence-electron chi connectivity index (χ3n) is 2.11. The molecule has 9 heteroatoms. The largest absolute Gasteiger partial charge is 0.459 e. The molecule has 1 aliphatic heterocycles. The van der Waals surface area contributed by atoms with Gasteiger partial charge in [0.25, 0.3) is 0 Å². The van der Waals surface area contributed by atoms with Crippen molar-refractivity contribution in [2.24, 2.45) is 0 Å². The molecule has 0 bridgehead atoms. The van der Waals surface area contributed by atoms with Crippen LogP contribution >= 0.6 is 0 Å². The van der Waals surface area contributed by atoms with Crippen molar-refractivity contribution in [3.8, 4) is 0 Å². The van der Waals surface area contributed by atoms with Gasteiger partial charge in [0.2, 0.25) is 0 Å². The molecule has 0 radical (unpaired) electrons. The summed E-state index contributed by atoms with van der Waals surface area (Å²) in [5.41, 5.74) is 0. The Balaban J connectivity index is 2.90. The molecule has 0 aromatic rings. The molecular formula is C7H8F7NO. The standard InChI is InChI=1S/C7H8F7NO/c8-5(9,4-3-15-1-2-16-4)6(10,11)7(12,13)14/h4,15H,1-3H2. The van der Waals surface area contributed by atoms with Crippen LogP contribution in [0.1, 0.15) is 0 Å². The van der Waals surface area contributed by atoms with Crippen molar-refractivity contribution in [3.63, 3.8) is 0 Å². The lowest BCUT2D eigenvalue weighted by Crippen LogP contribution is -2.62. The van der Waals surface area contributed by atoms with E-state index in [-0.39, 0.29) is 13.2 Å². The highest BCUT2D eigenvalue weighted by Gasteiger charge is 2.75. The van der Waals surface area contributed by atoms with Gasteiger partial charge >= 0.3 is 18.0 Å². The monoisotopic (exact) mass is 255 g/mol. The maximum absolute atomic E-state index is 12.9. The second kappa shape index (κ2) is 4.02. The van der Waals surface area contributed by atoms with E-state index in [4.69, 9.17) is 0 Å². The van der Waals surface area contributed by atoms with E-state index in [0.29, 0.717) is 0 Å². The molecule has 1 rings (SSSR count). The van der Waals surface area contributed by atoms with E-state index in [0.717, 1.165) is 0 Å².